The van der Waals surface area contributed by atoms with Crippen molar-refractivity contribution >= 4 is 21.8 Å². The Balaban J connectivity index is 1.66. The van der Waals surface area contributed by atoms with Crippen LogP contribution in [0.2, 0.25) is 0 Å². The highest BCUT2D eigenvalue weighted by Gasteiger charge is 2.35. The molecule has 3 nitrogen and oxygen atoms in total. The highest BCUT2D eigenvalue weighted by atomic mass is 79.9. The molecule has 1 fully saturated rings. The summed E-state index contributed by atoms with van der Waals surface area (Å²) in [5, 5.41) is 4.12. The summed E-state index contributed by atoms with van der Waals surface area (Å²) in [4.78, 5) is 12.7. The zero-order valence-electron chi connectivity index (χ0n) is 12.2. The van der Waals surface area contributed by atoms with E-state index in [0.717, 1.165) is 50.6 Å². The summed E-state index contributed by atoms with van der Waals surface area (Å²) in [6.07, 6.45) is 4.63. The number of benzene rings is 1. The summed E-state index contributed by atoms with van der Waals surface area (Å²) < 4.78 is 5.43. The van der Waals surface area contributed by atoms with Crippen molar-refractivity contribution in [2.24, 2.45) is 5.92 Å². The van der Waals surface area contributed by atoms with Crippen LogP contribution in [-0.4, -0.2) is 30.0 Å². The van der Waals surface area contributed by atoms with Gasteiger partial charge in [-0.15, -0.1) is 0 Å². The van der Waals surface area contributed by atoms with Gasteiger partial charge in [0.05, 0.1) is 5.54 Å². The molecule has 3 rings (SSSR count). The van der Waals surface area contributed by atoms with Crippen molar-refractivity contribution < 1.29 is 9.53 Å². The third-order valence-corrected chi connectivity index (χ3v) is 5.89. The van der Waals surface area contributed by atoms with Crippen LogP contribution < -0.4 is 5.32 Å². The zero-order chi connectivity index (χ0) is 14.7. The molecule has 1 saturated heterocycles. The third kappa shape index (κ3) is 3.32. The van der Waals surface area contributed by atoms with Crippen LogP contribution in [0.5, 0.6) is 0 Å². The average Bonchev–Trinajstić information content (AvgIpc) is 2.55. The molecule has 0 saturated carbocycles. The molecule has 21 heavy (non-hydrogen) atoms. The molecule has 0 bridgehead atoms. The number of hydrogen-bond acceptors (Lipinski definition) is 2. The number of halogens is 1. The minimum Gasteiger partial charge on any atom is -0.381 e. The summed E-state index contributed by atoms with van der Waals surface area (Å²) in [7, 11) is 0. The third-order valence-electron chi connectivity index (χ3n) is 4.81. The molecule has 1 aliphatic heterocycles. The second-order valence-electron chi connectivity index (χ2n) is 6.22. The summed E-state index contributed by atoms with van der Waals surface area (Å²) in [6.45, 7) is 1.47. The van der Waals surface area contributed by atoms with Crippen LogP contribution in [-0.2, 0) is 22.4 Å². The number of rotatable bonds is 3. The maximum absolute atomic E-state index is 12.7. The van der Waals surface area contributed by atoms with Crippen LogP contribution in [0.3, 0.4) is 0 Å². The van der Waals surface area contributed by atoms with Gasteiger partial charge in [-0.05, 0) is 43.2 Å². The summed E-state index contributed by atoms with van der Waals surface area (Å²) in [5.74, 6) is 0.324. The maximum Gasteiger partial charge on any atom is 0.223 e. The summed E-state index contributed by atoms with van der Waals surface area (Å²) in [5.41, 5.74) is 2.62. The summed E-state index contributed by atoms with van der Waals surface area (Å²) in [6, 6.07) is 8.49. The predicted octanol–water partition coefficient (Wildman–Crippen LogP) is 2.85. The van der Waals surface area contributed by atoms with Crippen molar-refractivity contribution in [1.29, 1.82) is 0 Å². The molecule has 1 unspecified atom stereocenters. The molecule has 4 heteroatoms. The van der Waals surface area contributed by atoms with Gasteiger partial charge in [0.1, 0.15) is 0 Å². The average molecular weight is 352 g/mol. The lowest BCUT2D eigenvalue weighted by Crippen LogP contribution is -2.55. The van der Waals surface area contributed by atoms with Crippen LogP contribution in [0.15, 0.2) is 24.3 Å². The number of ether oxygens (including phenoxy) is 1. The van der Waals surface area contributed by atoms with Crippen molar-refractivity contribution in [3.05, 3.63) is 35.4 Å². The molecular weight excluding hydrogens is 330 g/mol. The topological polar surface area (TPSA) is 38.3 Å². The first kappa shape index (κ1) is 15.0. The van der Waals surface area contributed by atoms with E-state index >= 15 is 0 Å². The molecule has 114 valence electrons. The highest BCUT2D eigenvalue weighted by molar-refractivity contribution is 9.09. The van der Waals surface area contributed by atoms with Crippen molar-refractivity contribution in [2.75, 3.05) is 18.5 Å². The largest absolute Gasteiger partial charge is 0.381 e. The van der Waals surface area contributed by atoms with Gasteiger partial charge in [0.25, 0.3) is 0 Å². The Morgan fingerprint density at radius 1 is 1.29 bits per heavy atom. The highest BCUT2D eigenvalue weighted by Crippen LogP contribution is 2.28. The number of hydrogen-bond donors (Lipinski definition) is 1. The lowest BCUT2D eigenvalue weighted by molar-refractivity contribution is -0.128. The lowest BCUT2D eigenvalue weighted by Gasteiger charge is -2.38. The first-order valence-electron chi connectivity index (χ1n) is 7.75. The van der Waals surface area contributed by atoms with Gasteiger partial charge in [0, 0.05) is 24.5 Å². The molecule has 1 aromatic rings. The maximum atomic E-state index is 12.7. The quantitative estimate of drug-likeness (QED) is 0.850. The Kier molecular flexibility index (Phi) is 4.65. The van der Waals surface area contributed by atoms with Gasteiger partial charge in [-0.3, -0.25) is 4.79 Å². The Bertz CT molecular complexity index is 511. The number of carbonyl (C=O) groups is 1. The molecule has 1 N–H and O–H groups in total. The SMILES string of the molecule is O=C(NC1(CBr)CCOCC1)C1CCc2ccccc2C1. The number of alkyl halides is 1. The lowest BCUT2D eigenvalue weighted by atomic mass is 9.82. The normalized spacial score (nSPS) is 24.1. The number of aryl methyl sites for hydroxylation is 1. The van der Waals surface area contributed by atoms with Crippen molar-refractivity contribution in [2.45, 2.75) is 37.6 Å². The number of carbonyl (C=O) groups excluding carboxylic acids is 1. The molecule has 1 heterocycles. The van der Waals surface area contributed by atoms with E-state index in [1.54, 1.807) is 0 Å². The van der Waals surface area contributed by atoms with Crippen molar-refractivity contribution in [1.82, 2.24) is 5.32 Å². The van der Waals surface area contributed by atoms with E-state index in [4.69, 9.17) is 4.74 Å². The molecule has 0 aromatic heterocycles. The number of fused-ring (bicyclic) bond motifs is 1. The molecule has 1 aliphatic carbocycles. The van der Waals surface area contributed by atoms with Gasteiger partial charge in [-0.1, -0.05) is 40.2 Å². The second-order valence-corrected chi connectivity index (χ2v) is 6.78. The second kappa shape index (κ2) is 6.49. The van der Waals surface area contributed by atoms with E-state index in [2.05, 4.69) is 45.5 Å². The van der Waals surface area contributed by atoms with Crippen LogP contribution >= 0.6 is 15.9 Å². The standard InChI is InChI=1S/C17H22BrNO2/c18-12-17(7-9-21-10-8-17)19-16(20)15-6-5-13-3-1-2-4-14(13)11-15/h1-4,15H,5-12H2,(H,19,20). The minimum absolute atomic E-state index is 0.110. The molecule has 0 spiro atoms. The van der Waals surface area contributed by atoms with Crippen LogP contribution in [0.1, 0.15) is 30.4 Å². The molecule has 1 atom stereocenters. The Hall–Kier alpha value is -0.870. The molecule has 1 amide bonds. The predicted molar refractivity (Wildman–Crippen MR) is 86.7 cm³/mol. The van der Waals surface area contributed by atoms with Crippen LogP contribution in [0.4, 0.5) is 0 Å². The van der Waals surface area contributed by atoms with Gasteiger partial charge in [0.2, 0.25) is 5.91 Å². The molecule has 1 aromatic carbocycles. The first-order chi connectivity index (χ1) is 10.2. The van der Waals surface area contributed by atoms with E-state index in [0.29, 0.717) is 0 Å². The van der Waals surface area contributed by atoms with Gasteiger partial charge < -0.3 is 10.1 Å². The number of nitrogens with one attached hydrogen (secondary N) is 1. The number of amides is 1. The monoisotopic (exact) mass is 351 g/mol. The van der Waals surface area contributed by atoms with E-state index in [-0.39, 0.29) is 17.4 Å². The first-order valence-corrected chi connectivity index (χ1v) is 8.87. The van der Waals surface area contributed by atoms with Gasteiger partial charge in [0.15, 0.2) is 0 Å². The smallest absolute Gasteiger partial charge is 0.223 e. The van der Waals surface area contributed by atoms with Crippen molar-refractivity contribution in [3.8, 4) is 0 Å². The van der Waals surface area contributed by atoms with E-state index < -0.39 is 0 Å². The Morgan fingerprint density at radius 3 is 2.71 bits per heavy atom. The minimum atomic E-state index is -0.119. The van der Waals surface area contributed by atoms with Gasteiger partial charge in [-0.25, -0.2) is 0 Å². The summed E-state index contributed by atoms with van der Waals surface area (Å²) >= 11 is 3.58. The van der Waals surface area contributed by atoms with Crippen molar-refractivity contribution in [3.63, 3.8) is 0 Å². The van der Waals surface area contributed by atoms with E-state index in [9.17, 15) is 4.79 Å². The molecule has 0 radical (unpaired) electrons. The van der Waals surface area contributed by atoms with Gasteiger partial charge >= 0.3 is 0 Å². The molecule has 2 aliphatic rings. The van der Waals surface area contributed by atoms with Gasteiger partial charge in [-0.2, -0.15) is 0 Å². The fourth-order valence-corrected chi connectivity index (χ4v) is 4.04. The van der Waals surface area contributed by atoms with Crippen LogP contribution in [0, 0.1) is 5.92 Å². The van der Waals surface area contributed by atoms with E-state index in [1.807, 2.05) is 0 Å². The Morgan fingerprint density at radius 2 is 2.00 bits per heavy atom. The Labute approximate surface area is 134 Å². The van der Waals surface area contributed by atoms with Crippen LogP contribution in [0.25, 0.3) is 0 Å². The van der Waals surface area contributed by atoms with E-state index in [1.165, 1.54) is 11.1 Å². The zero-order valence-corrected chi connectivity index (χ0v) is 13.8. The fourth-order valence-electron chi connectivity index (χ4n) is 3.34. The molecular formula is C17H22BrNO2. The fraction of sp³-hybridized carbons (Fsp3) is 0.588.